The fraction of sp³-hybridized carbons (Fsp3) is 0.600. The van der Waals surface area contributed by atoms with Crippen LogP contribution < -0.4 is 10.5 Å². The molecule has 0 fully saturated rings. The highest BCUT2D eigenvalue weighted by Crippen LogP contribution is 2.37. The van der Waals surface area contributed by atoms with Gasteiger partial charge >= 0.3 is 0 Å². The highest BCUT2D eigenvalue weighted by atomic mass is 16.5. The number of ether oxygens (including phenoxy) is 1. The number of benzene rings is 1. The average Bonchev–Trinajstić information content (AvgIpc) is 2.18. The maximum atomic E-state index is 6.05. The summed E-state index contributed by atoms with van der Waals surface area (Å²) in [6.07, 6.45) is 0. The van der Waals surface area contributed by atoms with E-state index in [2.05, 4.69) is 39.8 Å². The van der Waals surface area contributed by atoms with Gasteiger partial charge in [0.25, 0.3) is 0 Å². The molecular formula is C15H25NO. The second kappa shape index (κ2) is 5.09. The third-order valence-corrected chi connectivity index (χ3v) is 2.85. The monoisotopic (exact) mass is 235 g/mol. The van der Waals surface area contributed by atoms with Gasteiger partial charge < -0.3 is 10.5 Å². The normalized spacial score (nSPS) is 13.6. The molecule has 96 valence electrons. The van der Waals surface area contributed by atoms with E-state index in [1.807, 2.05) is 13.8 Å². The Kier molecular flexibility index (Phi) is 4.21. The molecule has 0 saturated carbocycles. The van der Waals surface area contributed by atoms with E-state index in [-0.39, 0.29) is 11.5 Å². The summed E-state index contributed by atoms with van der Waals surface area (Å²) in [5.41, 5.74) is 9.71. The van der Waals surface area contributed by atoms with Gasteiger partial charge in [-0.1, -0.05) is 38.5 Å². The van der Waals surface area contributed by atoms with Gasteiger partial charge in [0.1, 0.15) is 5.75 Å². The van der Waals surface area contributed by atoms with Crippen molar-refractivity contribution in [3.8, 4) is 5.75 Å². The van der Waals surface area contributed by atoms with Crippen molar-refractivity contribution >= 4 is 0 Å². The minimum absolute atomic E-state index is 0.00227. The molecule has 1 aromatic carbocycles. The Hall–Kier alpha value is -1.02. The van der Waals surface area contributed by atoms with Crippen LogP contribution in [0.15, 0.2) is 12.1 Å². The van der Waals surface area contributed by atoms with Crippen LogP contribution in [0.5, 0.6) is 5.75 Å². The second-order valence-corrected chi connectivity index (χ2v) is 5.70. The molecule has 1 aromatic rings. The lowest BCUT2D eigenvalue weighted by Gasteiger charge is -2.26. The standard InChI is InChI=1S/C15H25NO/c1-7-17-14-12(11(3)16)8-10(2)9-13(14)15(4,5)6/h8-9,11H,7,16H2,1-6H3. The molecule has 17 heavy (non-hydrogen) atoms. The Balaban J connectivity index is 3.46. The van der Waals surface area contributed by atoms with Crippen LogP contribution in [0.2, 0.25) is 0 Å². The zero-order valence-corrected chi connectivity index (χ0v) is 11.9. The molecule has 1 atom stereocenters. The van der Waals surface area contributed by atoms with Crippen molar-refractivity contribution in [2.75, 3.05) is 6.61 Å². The van der Waals surface area contributed by atoms with E-state index < -0.39 is 0 Å². The second-order valence-electron chi connectivity index (χ2n) is 5.70. The van der Waals surface area contributed by atoms with Gasteiger partial charge in [0.2, 0.25) is 0 Å². The van der Waals surface area contributed by atoms with Crippen molar-refractivity contribution in [2.24, 2.45) is 5.73 Å². The highest BCUT2D eigenvalue weighted by molar-refractivity contribution is 5.49. The maximum absolute atomic E-state index is 6.05. The first kappa shape index (κ1) is 14.0. The zero-order valence-electron chi connectivity index (χ0n) is 11.9. The van der Waals surface area contributed by atoms with Crippen LogP contribution in [0.3, 0.4) is 0 Å². The topological polar surface area (TPSA) is 35.2 Å². The summed E-state index contributed by atoms with van der Waals surface area (Å²) >= 11 is 0. The van der Waals surface area contributed by atoms with Crippen LogP contribution in [0.4, 0.5) is 0 Å². The van der Waals surface area contributed by atoms with E-state index in [1.165, 1.54) is 11.1 Å². The van der Waals surface area contributed by atoms with Gasteiger partial charge in [0.15, 0.2) is 0 Å². The molecule has 2 N–H and O–H groups in total. The first-order valence-electron chi connectivity index (χ1n) is 6.30. The summed E-state index contributed by atoms with van der Waals surface area (Å²) in [5.74, 6) is 0.973. The number of hydrogen-bond donors (Lipinski definition) is 1. The van der Waals surface area contributed by atoms with Crippen molar-refractivity contribution in [3.05, 3.63) is 28.8 Å². The van der Waals surface area contributed by atoms with E-state index in [9.17, 15) is 0 Å². The van der Waals surface area contributed by atoms with Gasteiger partial charge in [0, 0.05) is 17.2 Å². The van der Waals surface area contributed by atoms with E-state index in [0.29, 0.717) is 6.61 Å². The summed E-state index contributed by atoms with van der Waals surface area (Å²) in [6.45, 7) is 13.4. The fourth-order valence-corrected chi connectivity index (χ4v) is 2.00. The molecule has 0 aliphatic rings. The lowest BCUT2D eigenvalue weighted by molar-refractivity contribution is 0.324. The van der Waals surface area contributed by atoms with Crippen LogP contribution in [0.1, 0.15) is 57.4 Å². The van der Waals surface area contributed by atoms with Gasteiger partial charge in [-0.2, -0.15) is 0 Å². The lowest BCUT2D eigenvalue weighted by Crippen LogP contribution is -2.17. The van der Waals surface area contributed by atoms with Crippen LogP contribution >= 0.6 is 0 Å². The third kappa shape index (κ3) is 3.22. The van der Waals surface area contributed by atoms with Gasteiger partial charge in [0.05, 0.1) is 6.61 Å². The van der Waals surface area contributed by atoms with Gasteiger partial charge in [-0.15, -0.1) is 0 Å². The zero-order chi connectivity index (χ0) is 13.2. The predicted molar refractivity (Wildman–Crippen MR) is 73.7 cm³/mol. The Morgan fingerprint density at radius 1 is 1.29 bits per heavy atom. The highest BCUT2D eigenvalue weighted by Gasteiger charge is 2.23. The van der Waals surface area contributed by atoms with Gasteiger partial charge in [-0.25, -0.2) is 0 Å². The predicted octanol–water partition coefficient (Wildman–Crippen LogP) is 3.71. The quantitative estimate of drug-likeness (QED) is 0.866. The third-order valence-electron chi connectivity index (χ3n) is 2.85. The number of aryl methyl sites for hydroxylation is 1. The Morgan fingerprint density at radius 2 is 1.88 bits per heavy atom. The summed E-state index contributed by atoms with van der Waals surface area (Å²) in [4.78, 5) is 0. The first-order valence-corrected chi connectivity index (χ1v) is 6.30. The molecule has 0 aliphatic heterocycles. The molecule has 0 amide bonds. The van der Waals surface area contributed by atoms with Crippen molar-refractivity contribution in [2.45, 2.75) is 53.0 Å². The SMILES string of the molecule is CCOc1c(C(C)N)cc(C)cc1C(C)(C)C. The molecule has 1 unspecified atom stereocenters. The van der Waals surface area contributed by atoms with E-state index >= 15 is 0 Å². The average molecular weight is 235 g/mol. The molecule has 1 rings (SSSR count). The molecule has 2 heteroatoms. The smallest absolute Gasteiger partial charge is 0.127 e. The molecule has 0 radical (unpaired) electrons. The Labute approximate surface area is 105 Å². The van der Waals surface area contributed by atoms with E-state index in [0.717, 1.165) is 11.3 Å². The van der Waals surface area contributed by atoms with Crippen LogP contribution in [-0.2, 0) is 5.41 Å². The van der Waals surface area contributed by atoms with E-state index in [4.69, 9.17) is 10.5 Å². The number of rotatable bonds is 3. The summed E-state index contributed by atoms with van der Waals surface area (Å²) in [7, 11) is 0. The Bertz CT molecular complexity index is 389. The molecule has 0 spiro atoms. The van der Waals surface area contributed by atoms with Crippen molar-refractivity contribution in [3.63, 3.8) is 0 Å². The number of hydrogen-bond acceptors (Lipinski definition) is 2. The van der Waals surface area contributed by atoms with Gasteiger partial charge in [-0.3, -0.25) is 0 Å². The molecule has 0 heterocycles. The minimum atomic E-state index is -0.00227. The van der Waals surface area contributed by atoms with Crippen molar-refractivity contribution in [1.82, 2.24) is 0 Å². The molecule has 0 saturated heterocycles. The summed E-state index contributed by atoms with van der Waals surface area (Å²) < 4.78 is 5.83. The van der Waals surface area contributed by atoms with E-state index in [1.54, 1.807) is 0 Å². The van der Waals surface area contributed by atoms with Gasteiger partial charge in [-0.05, 0) is 26.2 Å². The summed E-state index contributed by atoms with van der Waals surface area (Å²) in [6, 6.07) is 4.33. The van der Waals surface area contributed by atoms with Crippen LogP contribution in [-0.4, -0.2) is 6.61 Å². The summed E-state index contributed by atoms with van der Waals surface area (Å²) in [5, 5.41) is 0. The molecule has 0 aliphatic carbocycles. The maximum Gasteiger partial charge on any atom is 0.127 e. The molecular weight excluding hydrogens is 210 g/mol. The molecule has 2 nitrogen and oxygen atoms in total. The van der Waals surface area contributed by atoms with Crippen molar-refractivity contribution in [1.29, 1.82) is 0 Å². The molecule has 0 bridgehead atoms. The van der Waals surface area contributed by atoms with Crippen LogP contribution in [0, 0.1) is 6.92 Å². The van der Waals surface area contributed by atoms with Crippen LogP contribution in [0.25, 0.3) is 0 Å². The Morgan fingerprint density at radius 3 is 2.29 bits per heavy atom. The lowest BCUT2D eigenvalue weighted by atomic mass is 9.83. The largest absolute Gasteiger partial charge is 0.493 e. The minimum Gasteiger partial charge on any atom is -0.493 e. The molecule has 0 aromatic heterocycles. The number of nitrogens with two attached hydrogens (primary N) is 1. The fourth-order valence-electron chi connectivity index (χ4n) is 2.00. The van der Waals surface area contributed by atoms with Crippen molar-refractivity contribution < 1.29 is 4.74 Å². The first-order chi connectivity index (χ1) is 7.77.